The molecule has 0 fully saturated rings. The molecular formula is C11H15N5O. The molecule has 17 heavy (non-hydrogen) atoms. The standard InChI is InChI=1S/C11H15N5O/c1-7-6-14-11(5-9(7)12)13-4-3-10-15-8(2)17-16-10/h5-6H,3-4H2,1-2H3,(H3,12,13,14). The van der Waals surface area contributed by atoms with Crippen LogP contribution in [0.25, 0.3) is 0 Å². The number of hydrogen-bond acceptors (Lipinski definition) is 6. The maximum Gasteiger partial charge on any atom is 0.223 e. The third-order valence-corrected chi connectivity index (χ3v) is 2.37. The fourth-order valence-corrected chi connectivity index (χ4v) is 1.38. The van der Waals surface area contributed by atoms with Crippen molar-refractivity contribution in [2.75, 3.05) is 17.6 Å². The second kappa shape index (κ2) is 4.82. The summed E-state index contributed by atoms with van der Waals surface area (Å²) in [5.74, 6) is 2.03. The highest BCUT2D eigenvalue weighted by molar-refractivity contribution is 5.53. The molecule has 0 bridgehead atoms. The summed E-state index contributed by atoms with van der Waals surface area (Å²) in [7, 11) is 0. The van der Waals surface area contributed by atoms with Crippen molar-refractivity contribution >= 4 is 11.5 Å². The van der Waals surface area contributed by atoms with Gasteiger partial charge in [0.2, 0.25) is 5.89 Å². The van der Waals surface area contributed by atoms with Crippen LogP contribution < -0.4 is 11.1 Å². The van der Waals surface area contributed by atoms with Crippen molar-refractivity contribution in [3.05, 3.63) is 29.5 Å². The van der Waals surface area contributed by atoms with Crippen molar-refractivity contribution in [1.82, 2.24) is 15.1 Å². The van der Waals surface area contributed by atoms with Gasteiger partial charge >= 0.3 is 0 Å². The van der Waals surface area contributed by atoms with Crippen LogP contribution >= 0.6 is 0 Å². The number of nitrogens with two attached hydrogens (primary N) is 1. The molecule has 0 saturated heterocycles. The Labute approximate surface area is 99.2 Å². The molecule has 3 N–H and O–H groups in total. The van der Waals surface area contributed by atoms with Crippen LogP contribution in [-0.4, -0.2) is 21.7 Å². The van der Waals surface area contributed by atoms with Gasteiger partial charge in [-0.1, -0.05) is 5.16 Å². The van der Waals surface area contributed by atoms with E-state index in [0.717, 1.165) is 17.1 Å². The highest BCUT2D eigenvalue weighted by Crippen LogP contribution is 2.13. The number of hydrogen-bond donors (Lipinski definition) is 2. The van der Waals surface area contributed by atoms with Gasteiger partial charge in [0.05, 0.1) is 0 Å². The van der Waals surface area contributed by atoms with E-state index in [0.29, 0.717) is 24.7 Å². The van der Waals surface area contributed by atoms with Crippen LogP contribution in [0, 0.1) is 13.8 Å². The van der Waals surface area contributed by atoms with Gasteiger partial charge in [0, 0.05) is 37.8 Å². The van der Waals surface area contributed by atoms with Crippen molar-refractivity contribution in [3.63, 3.8) is 0 Å². The van der Waals surface area contributed by atoms with Gasteiger partial charge in [0.15, 0.2) is 5.82 Å². The van der Waals surface area contributed by atoms with Crippen LogP contribution in [0.15, 0.2) is 16.8 Å². The van der Waals surface area contributed by atoms with Crippen LogP contribution in [-0.2, 0) is 6.42 Å². The average Bonchev–Trinajstić information content (AvgIpc) is 2.70. The molecule has 2 aromatic heterocycles. The normalized spacial score (nSPS) is 10.5. The van der Waals surface area contributed by atoms with E-state index in [9.17, 15) is 0 Å². The smallest absolute Gasteiger partial charge is 0.223 e. The third-order valence-electron chi connectivity index (χ3n) is 2.37. The largest absolute Gasteiger partial charge is 0.398 e. The Balaban J connectivity index is 1.87. The highest BCUT2D eigenvalue weighted by Gasteiger charge is 2.02. The minimum absolute atomic E-state index is 0.581. The van der Waals surface area contributed by atoms with Crippen LogP contribution in [0.1, 0.15) is 17.3 Å². The zero-order valence-electron chi connectivity index (χ0n) is 9.90. The lowest BCUT2D eigenvalue weighted by Crippen LogP contribution is -2.08. The summed E-state index contributed by atoms with van der Waals surface area (Å²) in [6, 6.07) is 1.82. The summed E-state index contributed by atoms with van der Waals surface area (Å²) >= 11 is 0. The summed E-state index contributed by atoms with van der Waals surface area (Å²) in [5.41, 5.74) is 7.50. The SMILES string of the molecule is Cc1nc(CCNc2cc(N)c(C)cn2)no1. The number of rotatable bonds is 4. The molecule has 0 aliphatic heterocycles. The molecule has 0 aliphatic rings. The molecule has 6 nitrogen and oxygen atoms in total. The molecule has 2 rings (SSSR count). The molecule has 0 saturated carbocycles. The van der Waals surface area contributed by atoms with E-state index in [1.54, 1.807) is 13.1 Å². The van der Waals surface area contributed by atoms with Gasteiger partial charge in [-0.3, -0.25) is 0 Å². The first-order valence-electron chi connectivity index (χ1n) is 5.40. The second-order valence-electron chi connectivity index (χ2n) is 3.83. The fourth-order valence-electron chi connectivity index (χ4n) is 1.38. The Morgan fingerprint density at radius 1 is 1.41 bits per heavy atom. The van der Waals surface area contributed by atoms with E-state index >= 15 is 0 Å². The molecule has 90 valence electrons. The molecule has 0 aliphatic carbocycles. The number of nitrogen functional groups attached to an aromatic ring is 1. The number of pyridine rings is 1. The van der Waals surface area contributed by atoms with E-state index in [4.69, 9.17) is 10.3 Å². The average molecular weight is 233 g/mol. The minimum Gasteiger partial charge on any atom is -0.398 e. The Hall–Kier alpha value is -2.11. The quantitative estimate of drug-likeness (QED) is 0.827. The Kier molecular flexibility index (Phi) is 3.22. The molecule has 6 heteroatoms. The van der Waals surface area contributed by atoms with E-state index in [-0.39, 0.29) is 0 Å². The molecule has 2 aromatic rings. The minimum atomic E-state index is 0.581. The molecule has 2 heterocycles. The molecular weight excluding hydrogens is 218 g/mol. The topological polar surface area (TPSA) is 89.9 Å². The predicted molar refractivity (Wildman–Crippen MR) is 64.6 cm³/mol. The maximum atomic E-state index is 5.79. The summed E-state index contributed by atoms with van der Waals surface area (Å²) in [5, 5.41) is 6.97. The monoisotopic (exact) mass is 233 g/mol. The van der Waals surface area contributed by atoms with Crippen LogP contribution in [0.4, 0.5) is 11.5 Å². The predicted octanol–water partition coefficient (Wildman–Crippen LogP) is 1.32. The Morgan fingerprint density at radius 3 is 2.88 bits per heavy atom. The fraction of sp³-hybridized carbons (Fsp3) is 0.364. The summed E-state index contributed by atoms with van der Waals surface area (Å²) < 4.78 is 4.88. The number of aromatic nitrogens is 3. The van der Waals surface area contributed by atoms with Gasteiger partial charge in [0.1, 0.15) is 5.82 Å². The van der Waals surface area contributed by atoms with Crippen molar-refractivity contribution in [3.8, 4) is 0 Å². The third kappa shape index (κ3) is 2.93. The lowest BCUT2D eigenvalue weighted by atomic mass is 10.2. The van der Waals surface area contributed by atoms with Gasteiger partial charge in [-0.25, -0.2) is 4.98 Å². The van der Waals surface area contributed by atoms with Crippen LogP contribution in [0.2, 0.25) is 0 Å². The highest BCUT2D eigenvalue weighted by atomic mass is 16.5. The first kappa shape index (κ1) is 11.4. The van der Waals surface area contributed by atoms with Crippen molar-refractivity contribution in [1.29, 1.82) is 0 Å². The van der Waals surface area contributed by atoms with E-state index in [1.165, 1.54) is 0 Å². The second-order valence-corrected chi connectivity index (χ2v) is 3.83. The lowest BCUT2D eigenvalue weighted by molar-refractivity contribution is 0.387. The summed E-state index contributed by atoms with van der Waals surface area (Å²) in [4.78, 5) is 8.33. The van der Waals surface area contributed by atoms with E-state index in [2.05, 4.69) is 20.4 Å². The molecule has 0 amide bonds. The van der Waals surface area contributed by atoms with Crippen molar-refractivity contribution < 1.29 is 4.52 Å². The van der Waals surface area contributed by atoms with Gasteiger partial charge in [-0.05, 0) is 12.5 Å². The molecule has 0 radical (unpaired) electrons. The van der Waals surface area contributed by atoms with Gasteiger partial charge < -0.3 is 15.6 Å². The van der Waals surface area contributed by atoms with Gasteiger partial charge in [-0.15, -0.1) is 0 Å². The van der Waals surface area contributed by atoms with Gasteiger partial charge in [0.25, 0.3) is 0 Å². The summed E-state index contributed by atoms with van der Waals surface area (Å²) in [6.45, 7) is 4.38. The number of anilines is 2. The molecule has 0 unspecified atom stereocenters. The zero-order valence-corrected chi connectivity index (χ0v) is 9.90. The Morgan fingerprint density at radius 2 is 2.24 bits per heavy atom. The first-order valence-corrected chi connectivity index (χ1v) is 5.40. The van der Waals surface area contributed by atoms with E-state index in [1.807, 2.05) is 13.0 Å². The Bertz CT molecular complexity index is 508. The van der Waals surface area contributed by atoms with E-state index < -0.39 is 0 Å². The molecule has 0 atom stereocenters. The first-order chi connectivity index (χ1) is 8.15. The van der Waals surface area contributed by atoms with Crippen molar-refractivity contribution in [2.45, 2.75) is 20.3 Å². The van der Waals surface area contributed by atoms with Crippen LogP contribution in [0.3, 0.4) is 0 Å². The molecule has 0 aromatic carbocycles. The van der Waals surface area contributed by atoms with Gasteiger partial charge in [-0.2, -0.15) is 4.98 Å². The number of nitrogens with one attached hydrogen (secondary N) is 1. The zero-order chi connectivity index (χ0) is 12.3. The summed E-state index contributed by atoms with van der Waals surface area (Å²) in [6.07, 6.45) is 2.43. The number of nitrogens with zero attached hydrogens (tertiary/aromatic N) is 3. The molecule has 0 spiro atoms. The number of aryl methyl sites for hydroxylation is 2. The van der Waals surface area contributed by atoms with Crippen LogP contribution in [0.5, 0.6) is 0 Å². The maximum absolute atomic E-state index is 5.79. The van der Waals surface area contributed by atoms with Crippen molar-refractivity contribution in [2.24, 2.45) is 0 Å². The lowest BCUT2D eigenvalue weighted by Gasteiger charge is -2.05.